The van der Waals surface area contributed by atoms with Crippen molar-refractivity contribution >= 4 is 11.9 Å². The molecule has 0 unspecified atom stereocenters. The van der Waals surface area contributed by atoms with E-state index in [0.717, 1.165) is 11.1 Å². The minimum atomic E-state index is -1.03. The molecule has 1 aromatic carbocycles. The third kappa shape index (κ3) is 1.69. The van der Waals surface area contributed by atoms with E-state index in [1.165, 1.54) is 6.07 Å². The predicted octanol–water partition coefficient (Wildman–Crippen LogP) is 1.57. The second kappa shape index (κ2) is 3.94. The first kappa shape index (κ1) is 11.5. The van der Waals surface area contributed by atoms with Gasteiger partial charge in [0.2, 0.25) is 0 Å². The molecule has 3 N–H and O–H groups in total. The highest BCUT2D eigenvalue weighted by atomic mass is 16.4. The Hall–Kier alpha value is -2.63. The standard InChI is InChI=1S/C13H10N2O4/c16-12(17)7-2-3-8-6(5-7)1-4-9-10(8)14-15-11(9)13(18)19/h2-3,5H,1,4H2,(H,14,15)(H,16,17)(H,18,19). The van der Waals surface area contributed by atoms with Crippen LogP contribution in [0.3, 0.4) is 0 Å². The van der Waals surface area contributed by atoms with E-state index < -0.39 is 11.9 Å². The molecule has 1 aromatic heterocycles. The van der Waals surface area contributed by atoms with Gasteiger partial charge < -0.3 is 10.2 Å². The molecule has 0 aliphatic heterocycles. The van der Waals surface area contributed by atoms with Crippen molar-refractivity contribution in [1.82, 2.24) is 10.2 Å². The Labute approximate surface area is 107 Å². The zero-order chi connectivity index (χ0) is 13.6. The van der Waals surface area contributed by atoms with Crippen LogP contribution in [0.2, 0.25) is 0 Å². The summed E-state index contributed by atoms with van der Waals surface area (Å²) in [5.41, 5.74) is 3.32. The number of aromatic nitrogens is 2. The molecule has 0 saturated carbocycles. The van der Waals surface area contributed by atoms with Gasteiger partial charge in [-0.15, -0.1) is 0 Å². The summed E-state index contributed by atoms with van der Waals surface area (Å²) in [6.07, 6.45) is 1.16. The minimum Gasteiger partial charge on any atom is -0.478 e. The Morgan fingerprint density at radius 2 is 1.95 bits per heavy atom. The van der Waals surface area contributed by atoms with Gasteiger partial charge >= 0.3 is 11.9 Å². The van der Waals surface area contributed by atoms with Gasteiger partial charge in [-0.05, 0) is 30.5 Å². The van der Waals surface area contributed by atoms with E-state index in [2.05, 4.69) is 10.2 Å². The number of nitrogens with one attached hydrogen (secondary N) is 1. The van der Waals surface area contributed by atoms with Crippen molar-refractivity contribution in [2.45, 2.75) is 12.8 Å². The molecular weight excluding hydrogens is 248 g/mol. The summed E-state index contributed by atoms with van der Waals surface area (Å²) in [6.45, 7) is 0. The lowest BCUT2D eigenvalue weighted by Crippen LogP contribution is -2.08. The number of hydrogen-bond acceptors (Lipinski definition) is 3. The number of nitrogens with zero attached hydrogens (tertiary/aromatic N) is 1. The lowest BCUT2D eigenvalue weighted by atomic mass is 9.88. The van der Waals surface area contributed by atoms with Crippen LogP contribution in [0.1, 0.15) is 32.0 Å². The first-order valence-corrected chi connectivity index (χ1v) is 5.75. The molecule has 0 fully saturated rings. The van der Waals surface area contributed by atoms with Crippen LogP contribution in [0.4, 0.5) is 0 Å². The van der Waals surface area contributed by atoms with Crippen molar-refractivity contribution < 1.29 is 19.8 Å². The lowest BCUT2D eigenvalue weighted by Gasteiger charge is -2.15. The molecule has 6 nitrogen and oxygen atoms in total. The average Bonchev–Trinajstić information content (AvgIpc) is 2.82. The highest BCUT2D eigenvalue weighted by Gasteiger charge is 2.25. The summed E-state index contributed by atoms with van der Waals surface area (Å²) in [6, 6.07) is 4.81. The van der Waals surface area contributed by atoms with Crippen molar-refractivity contribution in [3.8, 4) is 11.3 Å². The summed E-state index contributed by atoms with van der Waals surface area (Å²) in [4.78, 5) is 22.0. The molecule has 0 spiro atoms. The van der Waals surface area contributed by atoms with Gasteiger partial charge in [0.05, 0.1) is 11.3 Å². The molecular formula is C13H10N2O4. The zero-order valence-corrected chi connectivity index (χ0v) is 9.80. The second-order valence-electron chi connectivity index (χ2n) is 4.41. The number of benzene rings is 1. The molecule has 0 atom stereocenters. The smallest absolute Gasteiger partial charge is 0.354 e. The SMILES string of the molecule is O=C(O)c1ccc2c(c1)CCc1c-2n[nH]c1C(=O)O. The normalized spacial score (nSPS) is 12.6. The van der Waals surface area contributed by atoms with Gasteiger partial charge in [0, 0.05) is 11.1 Å². The molecule has 19 heavy (non-hydrogen) atoms. The summed E-state index contributed by atoms with van der Waals surface area (Å²) in [5.74, 6) is -2.00. The summed E-state index contributed by atoms with van der Waals surface area (Å²) < 4.78 is 0. The van der Waals surface area contributed by atoms with Crippen LogP contribution in [-0.4, -0.2) is 32.3 Å². The van der Waals surface area contributed by atoms with E-state index in [9.17, 15) is 9.59 Å². The molecule has 0 bridgehead atoms. The maximum atomic E-state index is 11.0. The van der Waals surface area contributed by atoms with Crippen molar-refractivity contribution in [3.63, 3.8) is 0 Å². The number of rotatable bonds is 2. The number of aromatic carboxylic acids is 2. The highest BCUT2D eigenvalue weighted by Crippen LogP contribution is 2.34. The third-order valence-corrected chi connectivity index (χ3v) is 3.33. The van der Waals surface area contributed by atoms with Gasteiger partial charge in [-0.3, -0.25) is 5.10 Å². The number of aryl methyl sites for hydroxylation is 1. The van der Waals surface area contributed by atoms with E-state index in [0.29, 0.717) is 24.1 Å². The fourth-order valence-electron chi connectivity index (χ4n) is 2.43. The first-order valence-electron chi connectivity index (χ1n) is 5.75. The molecule has 3 rings (SSSR count). The summed E-state index contributed by atoms with van der Waals surface area (Å²) >= 11 is 0. The number of carboxylic acids is 2. The van der Waals surface area contributed by atoms with Gasteiger partial charge in [0.15, 0.2) is 0 Å². The van der Waals surface area contributed by atoms with Gasteiger partial charge in [-0.25, -0.2) is 9.59 Å². The van der Waals surface area contributed by atoms with Crippen molar-refractivity contribution in [3.05, 3.63) is 40.6 Å². The van der Waals surface area contributed by atoms with Crippen molar-refractivity contribution in [1.29, 1.82) is 0 Å². The van der Waals surface area contributed by atoms with Gasteiger partial charge in [-0.2, -0.15) is 5.10 Å². The number of carboxylic acid groups (broad SMARTS) is 2. The maximum absolute atomic E-state index is 11.0. The van der Waals surface area contributed by atoms with E-state index in [1.54, 1.807) is 12.1 Å². The Balaban J connectivity index is 2.15. The van der Waals surface area contributed by atoms with Gasteiger partial charge in [0.25, 0.3) is 0 Å². The fourth-order valence-corrected chi connectivity index (χ4v) is 2.43. The monoisotopic (exact) mass is 258 g/mol. The quantitative estimate of drug-likeness (QED) is 0.758. The third-order valence-electron chi connectivity index (χ3n) is 3.33. The number of fused-ring (bicyclic) bond motifs is 3. The number of carbonyl (C=O) groups is 2. The van der Waals surface area contributed by atoms with Crippen LogP contribution in [0.15, 0.2) is 18.2 Å². The minimum absolute atomic E-state index is 0.114. The van der Waals surface area contributed by atoms with E-state index in [-0.39, 0.29) is 11.3 Å². The topological polar surface area (TPSA) is 103 Å². The maximum Gasteiger partial charge on any atom is 0.354 e. The molecule has 1 aliphatic carbocycles. The summed E-state index contributed by atoms with van der Waals surface area (Å²) in [5, 5.41) is 24.6. The Morgan fingerprint density at radius 1 is 1.16 bits per heavy atom. The average molecular weight is 258 g/mol. The van der Waals surface area contributed by atoms with E-state index in [4.69, 9.17) is 10.2 Å². The molecule has 1 aliphatic rings. The van der Waals surface area contributed by atoms with Gasteiger partial charge in [-0.1, -0.05) is 6.07 Å². The van der Waals surface area contributed by atoms with E-state index >= 15 is 0 Å². The first-order chi connectivity index (χ1) is 9.08. The Kier molecular flexibility index (Phi) is 2.38. The van der Waals surface area contributed by atoms with Crippen molar-refractivity contribution in [2.75, 3.05) is 0 Å². The molecule has 96 valence electrons. The van der Waals surface area contributed by atoms with Crippen LogP contribution >= 0.6 is 0 Å². The highest BCUT2D eigenvalue weighted by molar-refractivity contribution is 5.92. The molecule has 0 saturated heterocycles. The van der Waals surface area contributed by atoms with Crippen LogP contribution in [0.25, 0.3) is 11.3 Å². The molecule has 6 heteroatoms. The van der Waals surface area contributed by atoms with E-state index in [1.807, 2.05) is 0 Å². The molecule has 1 heterocycles. The number of hydrogen-bond donors (Lipinski definition) is 3. The molecule has 0 amide bonds. The largest absolute Gasteiger partial charge is 0.478 e. The zero-order valence-electron chi connectivity index (χ0n) is 9.80. The Morgan fingerprint density at radius 3 is 2.63 bits per heavy atom. The molecule has 0 radical (unpaired) electrons. The number of H-pyrrole nitrogens is 1. The molecule has 2 aromatic rings. The van der Waals surface area contributed by atoms with Crippen molar-refractivity contribution in [2.24, 2.45) is 0 Å². The van der Waals surface area contributed by atoms with Gasteiger partial charge in [0.1, 0.15) is 5.69 Å². The van der Waals surface area contributed by atoms with Crippen LogP contribution in [-0.2, 0) is 12.8 Å². The Bertz CT molecular complexity index is 703. The summed E-state index contributed by atoms with van der Waals surface area (Å²) in [7, 11) is 0. The lowest BCUT2D eigenvalue weighted by molar-refractivity contribution is 0.0682. The second-order valence-corrected chi connectivity index (χ2v) is 4.41. The van der Waals surface area contributed by atoms with Crippen LogP contribution in [0.5, 0.6) is 0 Å². The van der Waals surface area contributed by atoms with Crippen LogP contribution < -0.4 is 0 Å². The fraction of sp³-hybridized carbons (Fsp3) is 0.154. The van der Waals surface area contributed by atoms with Crippen LogP contribution in [0, 0.1) is 0 Å². The predicted molar refractivity (Wildman–Crippen MR) is 65.4 cm³/mol. The number of aromatic amines is 1.